The standard InChI is InChI=1S/C16H18BrNO/c1-11-9-15(7-8-16(11)17)19-14-5-3-13(4-6-14)10-12(2)18/h3-9,12H,10,18H2,1-2H3. The lowest BCUT2D eigenvalue weighted by Crippen LogP contribution is -2.17. The van der Waals surface area contributed by atoms with E-state index in [1.54, 1.807) is 0 Å². The summed E-state index contributed by atoms with van der Waals surface area (Å²) in [5, 5.41) is 0. The third-order valence-electron chi connectivity index (χ3n) is 2.85. The Morgan fingerprint density at radius 2 is 1.74 bits per heavy atom. The molecule has 2 aromatic rings. The molecule has 0 spiro atoms. The molecule has 2 rings (SSSR count). The molecule has 0 amide bonds. The lowest BCUT2D eigenvalue weighted by molar-refractivity contribution is 0.482. The Morgan fingerprint density at radius 1 is 1.11 bits per heavy atom. The number of ether oxygens (including phenoxy) is 1. The highest BCUT2D eigenvalue weighted by Crippen LogP contribution is 2.26. The molecule has 2 aromatic carbocycles. The van der Waals surface area contributed by atoms with Crippen molar-refractivity contribution in [3.63, 3.8) is 0 Å². The molecule has 0 radical (unpaired) electrons. The van der Waals surface area contributed by atoms with Crippen LogP contribution >= 0.6 is 15.9 Å². The molecule has 100 valence electrons. The third kappa shape index (κ3) is 4.08. The molecule has 0 aliphatic carbocycles. The number of aryl methyl sites for hydroxylation is 1. The molecule has 3 heteroatoms. The summed E-state index contributed by atoms with van der Waals surface area (Å²) in [4.78, 5) is 0. The molecule has 0 aromatic heterocycles. The number of benzene rings is 2. The van der Waals surface area contributed by atoms with Crippen LogP contribution in [0.25, 0.3) is 0 Å². The summed E-state index contributed by atoms with van der Waals surface area (Å²) in [5.74, 6) is 1.69. The summed E-state index contributed by atoms with van der Waals surface area (Å²) in [6.07, 6.45) is 0.887. The topological polar surface area (TPSA) is 35.2 Å². The zero-order valence-corrected chi connectivity index (χ0v) is 12.8. The van der Waals surface area contributed by atoms with Crippen LogP contribution in [0, 0.1) is 6.92 Å². The van der Waals surface area contributed by atoms with Gasteiger partial charge in [-0.05, 0) is 61.7 Å². The Labute approximate surface area is 122 Å². The summed E-state index contributed by atoms with van der Waals surface area (Å²) in [5.41, 5.74) is 8.17. The van der Waals surface area contributed by atoms with Gasteiger partial charge in [0.15, 0.2) is 0 Å². The summed E-state index contributed by atoms with van der Waals surface area (Å²) < 4.78 is 6.91. The van der Waals surface area contributed by atoms with Crippen LogP contribution in [0.15, 0.2) is 46.9 Å². The Hall–Kier alpha value is -1.32. The summed E-state index contributed by atoms with van der Waals surface area (Å²) in [7, 11) is 0. The molecule has 2 N–H and O–H groups in total. The smallest absolute Gasteiger partial charge is 0.127 e. The van der Waals surface area contributed by atoms with E-state index < -0.39 is 0 Å². The van der Waals surface area contributed by atoms with Gasteiger partial charge < -0.3 is 10.5 Å². The van der Waals surface area contributed by atoms with E-state index in [0.717, 1.165) is 28.0 Å². The third-order valence-corrected chi connectivity index (χ3v) is 3.74. The minimum absolute atomic E-state index is 0.181. The van der Waals surface area contributed by atoms with Crippen molar-refractivity contribution in [1.29, 1.82) is 0 Å². The van der Waals surface area contributed by atoms with Crippen molar-refractivity contribution in [3.05, 3.63) is 58.1 Å². The van der Waals surface area contributed by atoms with Crippen LogP contribution in [0.4, 0.5) is 0 Å². The van der Waals surface area contributed by atoms with Gasteiger partial charge in [0.2, 0.25) is 0 Å². The van der Waals surface area contributed by atoms with Gasteiger partial charge in [0.25, 0.3) is 0 Å². The second-order valence-electron chi connectivity index (χ2n) is 4.84. The van der Waals surface area contributed by atoms with Gasteiger partial charge in [-0.2, -0.15) is 0 Å². The fourth-order valence-electron chi connectivity index (χ4n) is 1.88. The van der Waals surface area contributed by atoms with Crippen molar-refractivity contribution in [1.82, 2.24) is 0 Å². The molecule has 2 nitrogen and oxygen atoms in total. The average Bonchev–Trinajstić information content (AvgIpc) is 2.36. The Balaban J connectivity index is 2.08. The van der Waals surface area contributed by atoms with Crippen molar-refractivity contribution in [2.24, 2.45) is 5.73 Å². The number of halogens is 1. The van der Waals surface area contributed by atoms with E-state index in [0.29, 0.717) is 0 Å². The zero-order chi connectivity index (χ0) is 13.8. The molecule has 0 aliphatic heterocycles. The van der Waals surface area contributed by atoms with E-state index in [9.17, 15) is 0 Å². The predicted octanol–water partition coefficient (Wildman–Crippen LogP) is 4.44. The number of hydrogen-bond acceptors (Lipinski definition) is 2. The molecular formula is C16H18BrNO. The number of hydrogen-bond donors (Lipinski definition) is 1. The minimum atomic E-state index is 0.181. The molecule has 1 unspecified atom stereocenters. The molecular weight excluding hydrogens is 302 g/mol. The van der Waals surface area contributed by atoms with Crippen LogP contribution in [0.3, 0.4) is 0 Å². The van der Waals surface area contributed by atoms with E-state index in [-0.39, 0.29) is 6.04 Å². The first-order valence-electron chi connectivity index (χ1n) is 6.33. The molecule has 0 heterocycles. The fraction of sp³-hybridized carbons (Fsp3) is 0.250. The van der Waals surface area contributed by atoms with Crippen LogP contribution in [0.1, 0.15) is 18.1 Å². The lowest BCUT2D eigenvalue weighted by atomic mass is 10.1. The Kier molecular flexibility index (Phi) is 4.61. The summed E-state index contributed by atoms with van der Waals surface area (Å²) in [6, 6.07) is 14.2. The van der Waals surface area contributed by atoms with Crippen molar-refractivity contribution < 1.29 is 4.74 Å². The molecule has 0 saturated carbocycles. The number of rotatable bonds is 4. The SMILES string of the molecule is Cc1cc(Oc2ccc(CC(C)N)cc2)ccc1Br. The maximum Gasteiger partial charge on any atom is 0.127 e. The molecule has 0 aliphatic rings. The van der Waals surface area contributed by atoms with E-state index in [4.69, 9.17) is 10.5 Å². The van der Waals surface area contributed by atoms with Crippen LogP contribution in [0.2, 0.25) is 0 Å². The Bertz CT molecular complexity index is 549. The summed E-state index contributed by atoms with van der Waals surface area (Å²) >= 11 is 3.48. The normalized spacial score (nSPS) is 12.2. The van der Waals surface area contributed by atoms with E-state index in [1.807, 2.05) is 44.2 Å². The van der Waals surface area contributed by atoms with Gasteiger partial charge in [0.05, 0.1) is 0 Å². The molecule has 0 bridgehead atoms. The van der Waals surface area contributed by atoms with Gasteiger partial charge >= 0.3 is 0 Å². The molecule has 0 fully saturated rings. The van der Waals surface area contributed by atoms with E-state index in [2.05, 4.69) is 28.1 Å². The highest BCUT2D eigenvalue weighted by atomic mass is 79.9. The Morgan fingerprint density at radius 3 is 2.32 bits per heavy atom. The highest BCUT2D eigenvalue weighted by Gasteiger charge is 2.02. The van der Waals surface area contributed by atoms with Crippen molar-refractivity contribution >= 4 is 15.9 Å². The first kappa shape index (κ1) is 14.1. The van der Waals surface area contributed by atoms with Gasteiger partial charge in [-0.15, -0.1) is 0 Å². The van der Waals surface area contributed by atoms with Gasteiger partial charge in [-0.1, -0.05) is 28.1 Å². The largest absolute Gasteiger partial charge is 0.457 e. The van der Waals surface area contributed by atoms with Crippen molar-refractivity contribution in [2.45, 2.75) is 26.3 Å². The van der Waals surface area contributed by atoms with Crippen LogP contribution in [-0.2, 0) is 6.42 Å². The minimum Gasteiger partial charge on any atom is -0.457 e. The monoisotopic (exact) mass is 319 g/mol. The zero-order valence-electron chi connectivity index (χ0n) is 11.2. The second kappa shape index (κ2) is 6.22. The van der Waals surface area contributed by atoms with Gasteiger partial charge in [-0.25, -0.2) is 0 Å². The van der Waals surface area contributed by atoms with Crippen molar-refractivity contribution in [2.75, 3.05) is 0 Å². The van der Waals surface area contributed by atoms with Gasteiger partial charge in [0.1, 0.15) is 11.5 Å². The van der Waals surface area contributed by atoms with Crippen molar-refractivity contribution in [3.8, 4) is 11.5 Å². The second-order valence-corrected chi connectivity index (χ2v) is 5.69. The quantitative estimate of drug-likeness (QED) is 0.904. The summed E-state index contributed by atoms with van der Waals surface area (Å²) in [6.45, 7) is 4.05. The van der Waals surface area contributed by atoms with Crippen LogP contribution < -0.4 is 10.5 Å². The predicted molar refractivity (Wildman–Crippen MR) is 82.7 cm³/mol. The molecule has 0 saturated heterocycles. The highest BCUT2D eigenvalue weighted by molar-refractivity contribution is 9.10. The lowest BCUT2D eigenvalue weighted by Gasteiger charge is -2.09. The fourth-order valence-corrected chi connectivity index (χ4v) is 2.13. The van der Waals surface area contributed by atoms with Gasteiger partial charge in [-0.3, -0.25) is 0 Å². The number of nitrogens with two attached hydrogens (primary N) is 1. The van der Waals surface area contributed by atoms with E-state index in [1.165, 1.54) is 5.56 Å². The maximum atomic E-state index is 5.82. The molecule has 1 atom stereocenters. The van der Waals surface area contributed by atoms with Crippen LogP contribution in [0.5, 0.6) is 11.5 Å². The van der Waals surface area contributed by atoms with Crippen LogP contribution in [-0.4, -0.2) is 6.04 Å². The maximum absolute atomic E-state index is 5.82. The molecule has 19 heavy (non-hydrogen) atoms. The van der Waals surface area contributed by atoms with Gasteiger partial charge in [0, 0.05) is 10.5 Å². The first-order valence-corrected chi connectivity index (χ1v) is 7.12. The van der Waals surface area contributed by atoms with E-state index >= 15 is 0 Å². The average molecular weight is 320 g/mol. The first-order chi connectivity index (χ1) is 9.04.